The van der Waals surface area contributed by atoms with Crippen molar-refractivity contribution >= 4 is 5.91 Å². The Morgan fingerprint density at radius 1 is 1.45 bits per heavy atom. The van der Waals surface area contributed by atoms with Gasteiger partial charge in [-0.15, -0.1) is 0 Å². The van der Waals surface area contributed by atoms with E-state index >= 15 is 0 Å². The molecular formula is C16H19FN4O. The summed E-state index contributed by atoms with van der Waals surface area (Å²) in [6.07, 6.45) is 2.27. The van der Waals surface area contributed by atoms with Crippen LogP contribution in [0, 0.1) is 5.82 Å². The zero-order chi connectivity index (χ0) is 15.5. The van der Waals surface area contributed by atoms with Gasteiger partial charge in [0.2, 0.25) is 5.91 Å². The van der Waals surface area contributed by atoms with Crippen LogP contribution in [0.4, 0.5) is 4.39 Å². The van der Waals surface area contributed by atoms with E-state index in [4.69, 9.17) is 0 Å². The molecule has 0 spiro atoms. The van der Waals surface area contributed by atoms with Crippen LogP contribution in [0.3, 0.4) is 0 Å². The van der Waals surface area contributed by atoms with E-state index in [0.717, 1.165) is 16.8 Å². The number of nitrogens with zero attached hydrogens (tertiary/aromatic N) is 2. The van der Waals surface area contributed by atoms with E-state index in [1.54, 1.807) is 12.3 Å². The standard InChI is InChI=1S/C16H19FN4O/c1-11-8-18-15(22)5-6-21(11)10-13-9-19-20-16(13)12-3-2-4-14(17)7-12/h2-4,7,9,11H,5-6,8,10H2,1H3,(H,18,22)(H,19,20). The van der Waals surface area contributed by atoms with Crippen molar-refractivity contribution < 1.29 is 9.18 Å². The third-order valence-corrected chi connectivity index (χ3v) is 4.05. The lowest BCUT2D eigenvalue weighted by atomic mass is 10.1. The van der Waals surface area contributed by atoms with E-state index in [0.29, 0.717) is 26.1 Å². The molecule has 0 saturated carbocycles. The van der Waals surface area contributed by atoms with Crippen LogP contribution >= 0.6 is 0 Å². The SMILES string of the molecule is CC1CNC(=O)CCN1Cc1cn[nH]c1-c1cccc(F)c1. The second kappa shape index (κ2) is 6.27. The summed E-state index contributed by atoms with van der Waals surface area (Å²) in [4.78, 5) is 13.7. The first-order valence-corrected chi connectivity index (χ1v) is 7.42. The molecule has 0 radical (unpaired) electrons. The number of carbonyl (C=O) groups is 1. The number of nitrogens with one attached hydrogen (secondary N) is 2. The third-order valence-electron chi connectivity index (χ3n) is 4.05. The van der Waals surface area contributed by atoms with Crippen molar-refractivity contribution in [3.63, 3.8) is 0 Å². The zero-order valence-corrected chi connectivity index (χ0v) is 12.5. The molecule has 2 heterocycles. The second-order valence-electron chi connectivity index (χ2n) is 5.65. The van der Waals surface area contributed by atoms with Crippen LogP contribution in [0.5, 0.6) is 0 Å². The Morgan fingerprint density at radius 3 is 3.14 bits per heavy atom. The first-order valence-electron chi connectivity index (χ1n) is 7.42. The molecule has 3 rings (SSSR count). The quantitative estimate of drug-likeness (QED) is 0.910. The summed E-state index contributed by atoms with van der Waals surface area (Å²) in [7, 11) is 0. The van der Waals surface area contributed by atoms with Gasteiger partial charge in [0.15, 0.2) is 0 Å². The molecule has 5 nitrogen and oxygen atoms in total. The van der Waals surface area contributed by atoms with Gasteiger partial charge in [-0.05, 0) is 19.1 Å². The monoisotopic (exact) mass is 302 g/mol. The van der Waals surface area contributed by atoms with E-state index in [2.05, 4.69) is 27.3 Å². The van der Waals surface area contributed by atoms with Crippen LogP contribution in [0.15, 0.2) is 30.5 Å². The van der Waals surface area contributed by atoms with E-state index in [1.165, 1.54) is 12.1 Å². The number of hydrogen-bond acceptors (Lipinski definition) is 3. The van der Waals surface area contributed by atoms with Crippen LogP contribution < -0.4 is 5.32 Å². The molecule has 0 bridgehead atoms. The highest BCUT2D eigenvalue weighted by Crippen LogP contribution is 2.23. The molecule has 116 valence electrons. The molecule has 2 aromatic rings. The molecule has 1 aliphatic rings. The van der Waals surface area contributed by atoms with Gasteiger partial charge in [-0.1, -0.05) is 12.1 Å². The van der Waals surface area contributed by atoms with Gasteiger partial charge < -0.3 is 5.32 Å². The fourth-order valence-corrected chi connectivity index (χ4v) is 2.72. The highest BCUT2D eigenvalue weighted by Gasteiger charge is 2.21. The van der Waals surface area contributed by atoms with Crippen molar-refractivity contribution in [3.8, 4) is 11.3 Å². The number of aromatic nitrogens is 2. The summed E-state index contributed by atoms with van der Waals surface area (Å²) >= 11 is 0. The van der Waals surface area contributed by atoms with Crippen molar-refractivity contribution in [2.75, 3.05) is 13.1 Å². The fourth-order valence-electron chi connectivity index (χ4n) is 2.72. The van der Waals surface area contributed by atoms with Gasteiger partial charge in [0, 0.05) is 43.2 Å². The van der Waals surface area contributed by atoms with Gasteiger partial charge in [-0.25, -0.2) is 4.39 Å². The fraction of sp³-hybridized carbons (Fsp3) is 0.375. The van der Waals surface area contributed by atoms with Crippen molar-refractivity contribution in [1.82, 2.24) is 20.4 Å². The van der Waals surface area contributed by atoms with Crippen molar-refractivity contribution in [2.45, 2.75) is 25.9 Å². The first kappa shape index (κ1) is 14.7. The maximum Gasteiger partial charge on any atom is 0.221 e. The number of carbonyl (C=O) groups excluding carboxylic acids is 1. The highest BCUT2D eigenvalue weighted by molar-refractivity contribution is 5.76. The molecule has 22 heavy (non-hydrogen) atoms. The van der Waals surface area contributed by atoms with Crippen molar-refractivity contribution in [3.05, 3.63) is 41.8 Å². The molecule has 1 amide bonds. The van der Waals surface area contributed by atoms with Crippen LogP contribution in [-0.4, -0.2) is 40.1 Å². The number of hydrogen-bond donors (Lipinski definition) is 2. The lowest BCUT2D eigenvalue weighted by Gasteiger charge is -2.26. The molecule has 1 aromatic carbocycles. The molecule has 0 aliphatic carbocycles. The predicted octanol–water partition coefficient (Wildman–Crippen LogP) is 1.93. The van der Waals surface area contributed by atoms with E-state index in [9.17, 15) is 9.18 Å². The van der Waals surface area contributed by atoms with Gasteiger partial charge >= 0.3 is 0 Å². The van der Waals surface area contributed by atoms with Crippen LogP contribution in [-0.2, 0) is 11.3 Å². The Balaban J connectivity index is 1.81. The number of halogens is 1. The summed E-state index contributed by atoms with van der Waals surface area (Å²) in [5, 5.41) is 9.96. The highest BCUT2D eigenvalue weighted by atomic mass is 19.1. The number of rotatable bonds is 3. The van der Waals surface area contributed by atoms with Crippen LogP contribution in [0.2, 0.25) is 0 Å². The van der Waals surface area contributed by atoms with Crippen LogP contribution in [0.25, 0.3) is 11.3 Å². The minimum absolute atomic E-state index is 0.0897. The van der Waals surface area contributed by atoms with Gasteiger partial charge in [0.25, 0.3) is 0 Å². The lowest BCUT2D eigenvalue weighted by molar-refractivity contribution is -0.120. The molecule has 1 aromatic heterocycles. The molecule has 1 fully saturated rings. The minimum atomic E-state index is -0.268. The maximum atomic E-state index is 13.4. The summed E-state index contributed by atoms with van der Waals surface area (Å²) in [5.41, 5.74) is 2.62. The molecule has 6 heteroatoms. The van der Waals surface area contributed by atoms with Crippen molar-refractivity contribution in [2.24, 2.45) is 0 Å². The lowest BCUT2D eigenvalue weighted by Crippen LogP contribution is -2.37. The summed E-state index contributed by atoms with van der Waals surface area (Å²) in [6, 6.07) is 6.71. The van der Waals surface area contributed by atoms with Crippen molar-refractivity contribution in [1.29, 1.82) is 0 Å². The smallest absolute Gasteiger partial charge is 0.221 e. The number of H-pyrrole nitrogens is 1. The summed E-state index contributed by atoms with van der Waals surface area (Å²) < 4.78 is 13.4. The predicted molar refractivity (Wildman–Crippen MR) is 81.5 cm³/mol. The minimum Gasteiger partial charge on any atom is -0.355 e. The topological polar surface area (TPSA) is 61.0 Å². The summed E-state index contributed by atoms with van der Waals surface area (Å²) in [6.45, 7) is 4.12. The Bertz CT molecular complexity index is 670. The largest absolute Gasteiger partial charge is 0.355 e. The summed E-state index contributed by atoms with van der Waals surface area (Å²) in [5.74, 6) is -0.178. The third kappa shape index (κ3) is 3.17. The van der Waals surface area contributed by atoms with Gasteiger partial charge in [0.05, 0.1) is 11.9 Å². The molecule has 1 aliphatic heterocycles. The molecule has 1 saturated heterocycles. The first-order chi connectivity index (χ1) is 10.6. The van der Waals surface area contributed by atoms with Crippen LogP contribution in [0.1, 0.15) is 18.9 Å². The normalized spacial score (nSPS) is 19.7. The second-order valence-corrected chi connectivity index (χ2v) is 5.65. The maximum absolute atomic E-state index is 13.4. The Hall–Kier alpha value is -2.21. The van der Waals surface area contributed by atoms with Gasteiger partial charge in [-0.2, -0.15) is 5.10 Å². The molecule has 2 N–H and O–H groups in total. The zero-order valence-electron chi connectivity index (χ0n) is 12.5. The Kier molecular flexibility index (Phi) is 4.20. The Morgan fingerprint density at radius 2 is 2.32 bits per heavy atom. The van der Waals surface area contributed by atoms with Gasteiger partial charge in [-0.3, -0.25) is 14.8 Å². The van der Waals surface area contributed by atoms with E-state index in [1.807, 2.05) is 6.07 Å². The van der Waals surface area contributed by atoms with E-state index < -0.39 is 0 Å². The molecule has 1 unspecified atom stereocenters. The average Bonchev–Trinajstić information content (AvgIpc) is 2.90. The van der Waals surface area contributed by atoms with Gasteiger partial charge in [0.1, 0.15) is 5.82 Å². The number of amides is 1. The number of benzene rings is 1. The van der Waals surface area contributed by atoms with E-state index in [-0.39, 0.29) is 17.8 Å². The molecular weight excluding hydrogens is 283 g/mol. The number of aromatic amines is 1. The average molecular weight is 302 g/mol. The Labute approximate surface area is 128 Å². The molecule has 1 atom stereocenters.